The molecule has 1 heterocycles. The van der Waals surface area contributed by atoms with Crippen molar-refractivity contribution in [3.05, 3.63) is 12.2 Å². The maximum absolute atomic E-state index is 13.6. The van der Waals surface area contributed by atoms with Crippen LogP contribution in [0, 0.1) is 11.8 Å². The number of hydrogen-bond acceptors (Lipinski definition) is 8. The molecule has 4 amide bonds. The van der Waals surface area contributed by atoms with E-state index in [0.29, 0.717) is 19.4 Å². The Balaban J connectivity index is 3.20. The summed E-state index contributed by atoms with van der Waals surface area (Å²) in [5.74, 6) is -2.10. The standard InChI is InChI=1S/C30H52N4O8/c1-11-40-23(35)13-12-21(17-20-14-15-31-25(20)36)32-26(37)22(16-18(2)3)33-27(38)24(19(4)41-29(5,6)7)34-28(39)42-30(8,9)10/h12-13,18-22,24H,11,14-17H2,1-10H3,(H,31,36)(H,32,37)(H,33,38)(H,34,39)/t19?,20-,21+,22-,24-/m0/s1. The van der Waals surface area contributed by atoms with Crippen LogP contribution in [0.3, 0.4) is 0 Å². The van der Waals surface area contributed by atoms with Crippen LogP contribution in [-0.4, -0.2) is 78.4 Å². The second-order valence-electron chi connectivity index (χ2n) is 13.0. The first-order valence-electron chi connectivity index (χ1n) is 14.7. The van der Waals surface area contributed by atoms with Crippen molar-refractivity contribution >= 4 is 29.8 Å². The van der Waals surface area contributed by atoms with Gasteiger partial charge in [-0.25, -0.2) is 9.59 Å². The van der Waals surface area contributed by atoms with Crippen LogP contribution < -0.4 is 21.3 Å². The van der Waals surface area contributed by atoms with E-state index in [4.69, 9.17) is 14.2 Å². The predicted octanol–water partition coefficient (Wildman–Crippen LogP) is 2.74. The van der Waals surface area contributed by atoms with Gasteiger partial charge >= 0.3 is 12.1 Å². The number of alkyl carbamates (subject to hydrolysis) is 1. The third kappa shape index (κ3) is 14.7. The average molecular weight is 597 g/mol. The summed E-state index contributed by atoms with van der Waals surface area (Å²) < 4.78 is 16.3. The lowest BCUT2D eigenvalue weighted by Gasteiger charge is -2.32. The largest absolute Gasteiger partial charge is 0.463 e. The molecule has 1 aliphatic rings. The highest BCUT2D eigenvalue weighted by Crippen LogP contribution is 2.18. The molecule has 12 nitrogen and oxygen atoms in total. The molecule has 0 aromatic rings. The summed E-state index contributed by atoms with van der Waals surface area (Å²) in [6.07, 6.45) is 2.34. The number of ether oxygens (including phenoxy) is 3. The number of rotatable bonds is 14. The molecule has 42 heavy (non-hydrogen) atoms. The second kappa shape index (κ2) is 16.5. The quantitative estimate of drug-likeness (QED) is 0.176. The van der Waals surface area contributed by atoms with E-state index < -0.39 is 59.3 Å². The molecule has 0 radical (unpaired) electrons. The minimum Gasteiger partial charge on any atom is -0.463 e. The van der Waals surface area contributed by atoms with Crippen molar-refractivity contribution in [3.8, 4) is 0 Å². The molecule has 0 aliphatic carbocycles. The fraction of sp³-hybridized carbons (Fsp3) is 0.767. The molecule has 0 aromatic heterocycles. The van der Waals surface area contributed by atoms with Crippen LogP contribution in [0.4, 0.5) is 4.79 Å². The molecule has 0 saturated carbocycles. The SMILES string of the molecule is CCOC(=O)C=C[C@H](C[C@@H]1CCNC1=O)NC(=O)[C@H](CC(C)C)NC(=O)[C@@H](NC(=O)OC(C)(C)C)C(C)OC(C)(C)C. The van der Waals surface area contributed by atoms with E-state index in [1.54, 1.807) is 34.6 Å². The van der Waals surface area contributed by atoms with Crippen molar-refractivity contribution in [1.82, 2.24) is 21.3 Å². The lowest BCUT2D eigenvalue weighted by atomic mass is 9.96. The molecular formula is C30H52N4O8. The van der Waals surface area contributed by atoms with Crippen LogP contribution in [0.25, 0.3) is 0 Å². The van der Waals surface area contributed by atoms with Gasteiger partial charge in [-0.1, -0.05) is 19.9 Å². The summed E-state index contributed by atoms with van der Waals surface area (Å²) in [6.45, 7) is 18.5. The van der Waals surface area contributed by atoms with Crippen LogP contribution in [0.15, 0.2) is 12.2 Å². The molecule has 1 rings (SSSR count). The van der Waals surface area contributed by atoms with E-state index >= 15 is 0 Å². The van der Waals surface area contributed by atoms with Gasteiger partial charge in [0.2, 0.25) is 17.7 Å². The number of esters is 1. The first kappa shape index (κ1) is 36.9. The van der Waals surface area contributed by atoms with Crippen molar-refractivity contribution in [3.63, 3.8) is 0 Å². The average Bonchev–Trinajstić information content (AvgIpc) is 3.22. The molecular weight excluding hydrogens is 544 g/mol. The Bertz CT molecular complexity index is 967. The predicted molar refractivity (Wildman–Crippen MR) is 158 cm³/mol. The van der Waals surface area contributed by atoms with E-state index in [0.717, 1.165) is 0 Å². The summed E-state index contributed by atoms with van der Waals surface area (Å²) in [5.41, 5.74) is -1.41. The second-order valence-corrected chi connectivity index (χ2v) is 13.0. The fourth-order valence-electron chi connectivity index (χ4n) is 4.45. The Kier molecular flexibility index (Phi) is 14.5. The minimum absolute atomic E-state index is 0.0238. The molecule has 12 heteroatoms. The van der Waals surface area contributed by atoms with Gasteiger partial charge in [-0.05, 0) is 80.6 Å². The van der Waals surface area contributed by atoms with Gasteiger partial charge in [-0.2, -0.15) is 0 Å². The number of carbonyl (C=O) groups excluding carboxylic acids is 5. The van der Waals surface area contributed by atoms with Crippen molar-refractivity contribution in [2.45, 2.75) is 124 Å². The van der Waals surface area contributed by atoms with Gasteiger partial charge in [-0.3, -0.25) is 14.4 Å². The zero-order chi connectivity index (χ0) is 32.3. The maximum Gasteiger partial charge on any atom is 0.408 e. The van der Waals surface area contributed by atoms with Crippen molar-refractivity contribution in [1.29, 1.82) is 0 Å². The third-order valence-corrected chi connectivity index (χ3v) is 6.08. The highest BCUT2D eigenvalue weighted by Gasteiger charge is 2.35. The third-order valence-electron chi connectivity index (χ3n) is 6.08. The Labute approximate surface area is 250 Å². The van der Waals surface area contributed by atoms with Crippen molar-refractivity contribution in [2.24, 2.45) is 11.8 Å². The van der Waals surface area contributed by atoms with Gasteiger partial charge in [-0.15, -0.1) is 0 Å². The summed E-state index contributed by atoms with van der Waals surface area (Å²) >= 11 is 0. The number of carbonyl (C=O) groups is 5. The van der Waals surface area contributed by atoms with Crippen LogP contribution in [0.5, 0.6) is 0 Å². The minimum atomic E-state index is -1.16. The van der Waals surface area contributed by atoms with Gasteiger partial charge in [0, 0.05) is 24.6 Å². The van der Waals surface area contributed by atoms with E-state index in [1.807, 2.05) is 34.6 Å². The molecule has 1 aliphatic heterocycles. The monoisotopic (exact) mass is 596 g/mol. The Morgan fingerprint density at radius 1 is 0.976 bits per heavy atom. The highest BCUT2D eigenvalue weighted by atomic mass is 16.6. The van der Waals surface area contributed by atoms with E-state index in [-0.39, 0.29) is 30.8 Å². The van der Waals surface area contributed by atoms with Gasteiger partial charge in [0.15, 0.2) is 0 Å². The zero-order valence-electron chi connectivity index (χ0n) is 26.9. The Morgan fingerprint density at radius 2 is 1.62 bits per heavy atom. The maximum atomic E-state index is 13.6. The molecule has 0 aromatic carbocycles. The van der Waals surface area contributed by atoms with Gasteiger partial charge < -0.3 is 35.5 Å². The number of nitrogens with one attached hydrogen (secondary N) is 4. The molecule has 1 saturated heterocycles. The lowest BCUT2D eigenvalue weighted by Crippen LogP contribution is -2.59. The normalized spacial score (nSPS) is 18.5. The highest BCUT2D eigenvalue weighted by molar-refractivity contribution is 5.92. The van der Waals surface area contributed by atoms with Crippen LogP contribution in [0.2, 0.25) is 0 Å². The smallest absolute Gasteiger partial charge is 0.408 e. The molecule has 4 N–H and O–H groups in total. The summed E-state index contributed by atoms with van der Waals surface area (Å²) in [6, 6.07) is -2.80. The Morgan fingerprint density at radius 3 is 2.12 bits per heavy atom. The van der Waals surface area contributed by atoms with Crippen molar-refractivity contribution in [2.75, 3.05) is 13.2 Å². The molecule has 1 unspecified atom stereocenters. The molecule has 0 spiro atoms. The first-order valence-corrected chi connectivity index (χ1v) is 14.7. The summed E-state index contributed by atoms with van der Waals surface area (Å²) in [4.78, 5) is 64.0. The first-order chi connectivity index (χ1) is 19.3. The molecule has 5 atom stereocenters. The number of hydrogen-bond donors (Lipinski definition) is 4. The topological polar surface area (TPSA) is 161 Å². The Hall–Kier alpha value is -3.15. The number of amides is 4. The molecule has 240 valence electrons. The van der Waals surface area contributed by atoms with Crippen molar-refractivity contribution < 1.29 is 38.2 Å². The van der Waals surface area contributed by atoms with E-state index in [2.05, 4.69) is 21.3 Å². The van der Waals surface area contributed by atoms with Gasteiger partial charge in [0.05, 0.1) is 18.3 Å². The fourth-order valence-corrected chi connectivity index (χ4v) is 4.45. The van der Waals surface area contributed by atoms with Crippen LogP contribution in [0.1, 0.15) is 88.5 Å². The molecule has 1 fully saturated rings. The van der Waals surface area contributed by atoms with E-state index in [9.17, 15) is 24.0 Å². The summed E-state index contributed by atoms with van der Waals surface area (Å²) in [7, 11) is 0. The lowest BCUT2D eigenvalue weighted by molar-refractivity contribution is -0.137. The van der Waals surface area contributed by atoms with Gasteiger partial charge in [0.1, 0.15) is 17.7 Å². The molecule has 0 bridgehead atoms. The zero-order valence-corrected chi connectivity index (χ0v) is 26.9. The van der Waals surface area contributed by atoms with Gasteiger partial charge in [0.25, 0.3) is 0 Å². The van der Waals surface area contributed by atoms with E-state index in [1.165, 1.54) is 12.2 Å². The summed E-state index contributed by atoms with van der Waals surface area (Å²) in [5, 5.41) is 11.0. The van der Waals surface area contributed by atoms with Crippen LogP contribution in [-0.2, 0) is 33.4 Å². The van der Waals surface area contributed by atoms with Crippen LogP contribution >= 0.6 is 0 Å².